The lowest BCUT2D eigenvalue weighted by atomic mass is 10.1. The van der Waals surface area contributed by atoms with Crippen LogP contribution in [0.4, 0.5) is 0 Å². The van der Waals surface area contributed by atoms with Crippen LogP contribution in [0, 0.1) is 6.92 Å². The van der Waals surface area contributed by atoms with E-state index in [9.17, 15) is 13.5 Å². The fourth-order valence-corrected chi connectivity index (χ4v) is 2.59. The minimum absolute atomic E-state index is 0.318. The number of hydrogen-bond acceptors (Lipinski definition) is 3. The van der Waals surface area contributed by atoms with Crippen molar-refractivity contribution < 1.29 is 18.1 Å². The minimum atomic E-state index is -4.41. The van der Waals surface area contributed by atoms with Crippen LogP contribution >= 0.6 is 0 Å². The summed E-state index contributed by atoms with van der Waals surface area (Å²) in [5.74, 6) is -0.405. The number of phenolic OH excluding ortho intramolecular Hbond substituents is 1. The normalized spacial score (nSPS) is 11.9. The lowest BCUT2D eigenvalue weighted by molar-refractivity contribution is 0.447. The average Bonchev–Trinajstić information content (AvgIpc) is 2.15. The van der Waals surface area contributed by atoms with Gasteiger partial charge in [-0.1, -0.05) is 24.3 Å². The van der Waals surface area contributed by atoms with E-state index in [2.05, 4.69) is 0 Å². The van der Waals surface area contributed by atoms with E-state index in [1.54, 1.807) is 30.3 Å². The van der Waals surface area contributed by atoms with E-state index in [0.29, 0.717) is 10.9 Å². The first-order valence-corrected chi connectivity index (χ1v) is 6.04. The van der Waals surface area contributed by atoms with E-state index in [1.165, 1.54) is 6.92 Å². The van der Waals surface area contributed by atoms with Gasteiger partial charge in [0.15, 0.2) is 0 Å². The predicted octanol–water partition coefficient (Wildman–Crippen LogP) is 2.10. The summed E-state index contributed by atoms with van der Waals surface area (Å²) in [6.07, 6.45) is 0. The maximum atomic E-state index is 11.1. The second kappa shape index (κ2) is 3.47. The standard InChI is InChI=1S/C11H10O4S/c1-7-6-8-4-2-3-5-9(8)10(12)11(7)16(13,14)15/h2-6,12H,1H3,(H,13,14,15). The molecule has 0 atom stereocenters. The third-order valence-corrected chi connectivity index (χ3v) is 3.45. The van der Waals surface area contributed by atoms with Crippen molar-refractivity contribution >= 4 is 20.9 Å². The van der Waals surface area contributed by atoms with Crippen molar-refractivity contribution in [1.82, 2.24) is 0 Å². The zero-order valence-corrected chi connectivity index (χ0v) is 9.32. The summed E-state index contributed by atoms with van der Waals surface area (Å²) in [7, 11) is -4.41. The van der Waals surface area contributed by atoms with Crippen molar-refractivity contribution in [3.05, 3.63) is 35.9 Å². The highest BCUT2D eigenvalue weighted by molar-refractivity contribution is 7.86. The second-order valence-electron chi connectivity index (χ2n) is 3.57. The van der Waals surface area contributed by atoms with Crippen LogP contribution in [0.25, 0.3) is 10.8 Å². The number of benzene rings is 2. The molecule has 0 saturated heterocycles. The minimum Gasteiger partial charge on any atom is -0.506 e. The molecule has 2 aromatic rings. The van der Waals surface area contributed by atoms with Gasteiger partial charge in [0, 0.05) is 5.39 Å². The summed E-state index contributed by atoms with van der Waals surface area (Å²) in [6.45, 7) is 1.52. The largest absolute Gasteiger partial charge is 0.506 e. The van der Waals surface area contributed by atoms with E-state index in [4.69, 9.17) is 4.55 Å². The summed E-state index contributed by atoms with van der Waals surface area (Å²) >= 11 is 0. The molecule has 0 unspecified atom stereocenters. The van der Waals surface area contributed by atoms with Crippen LogP contribution in [0.15, 0.2) is 35.2 Å². The van der Waals surface area contributed by atoms with E-state index in [1.807, 2.05) is 0 Å². The molecule has 16 heavy (non-hydrogen) atoms. The number of fused-ring (bicyclic) bond motifs is 1. The molecule has 4 nitrogen and oxygen atoms in total. The smallest absolute Gasteiger partial charge is 0.298 e. The van der Waals surface area contributed by atoms with Gasteiger partial charge in [-0.25, -0.2) is 0 Å². The quantitative estimate of drug-likeness (QED) is 0.746. The Morgan fingerprint density at radius 1 is 1.19 bits per heavy atom. The van der Waals surface area contributed by atoms with Gasteiger partial charge in [0.05, 0.1) is 0 Å². The van der Waals surface area contributed by atoms with Crippen LogP contribution in [0.3, 0.4) is 0 Å². The lowest BCUT2D eigenvalue weighted by Gasteiger charge is -2.08. The van der Waals surface area contributed by atoms with E-state index >= 15 is 0 Å². The Morgan fingerprint density at radius 3 is 2.44 bits per heavy atom. The molecule has 0 bridgehead atoms. The third kappa shape index (κ3) is 1.64. The first-order valence-electron chi connectivity index (χ1n) is 4.60. The van der Waals surface area contributed by atoms with Crippen LogP contribution in [-0.4, -0.2) is 18.1 Å². The van der Waals surface area contributed by atoms with Crippen molar-refractivity contribution in [2.75, 3.05) is 0 Å². The van der Waals surface area contributed by atoms with Gasteiger partial charge in [0.1, 0.15) is 10.6 Å². The fourth-order valence-electron chi connectivity index (χ4n) is 1.77. The van der Waals surface area contributed by atoms with E-state index < -0.39 is 20.8 Å². The molecule has 0 fully saturated rings. The Morgan fingerprint density at radius 2 is 1.81 bits per heavy atom. The molecule has 0 aliphatic rings. The number of aromatic hydroxyl groups is 1. The highest BCUT2D eigenvalue weighted by Gasteiger charge is 2.20. The maximum absolute atomic E-state index is 11.1. The summed E-state index contributed by atoms with van der Waals surface area (Å²) in [5, 5.41) is 11.0. The lowest BCUT2D eigenvalue weighted by Crippen LogP contribution is -2.01. The van der Waals surface area contributed by atoms with Crippen LogP contribution in [0.5, 0.6) is 5.75 Å². The molecule has 0 spiro atoms. The van der Waals surface area contributed by atoms with Crippen molar-refractivity contribution in [3.8, 4) is 5.75 Å². The van der Waals surface area contributed by atoms with E-state index in [0.717, 1.165) is 5.39 Å². The molecule has 0 aliphatic carbocycles. The summed E-state index contributed by atoms with van der Waals surface area (Å²) in [5.41, 5.74) is 0.318. The Balaban J connectivity index is 2.98. The molecule has 0 amide bonds. The zero-order chi connectivity index (χ0) is 11.9. The van der Waals surface area contributed by atoms with Crippen LogP contribution in [0.1, 0.15) is 5.56 Å². The van der Waals surface area contributed by atoms with Gasteiger partial charge in [0.25, 0.3) is 10.1 Å². The molecular weight excluding hydrogens is 228 g/mol. The second-order valence-corrected chi connectivity index (χ2v) is 4.93. The first kappa shape index (κ1) is 10.9. The summed E-state index contributed by atoms with van der Waals surface area (Å²) < 4.78 is 31.2. The van der Waals surface area contributed by atoms with Crippen molar-refractivity contribution in [2.24, 2.45) is 0 Å². The monoisotopic (exact) mass is 238 g/mol. The Labute approximate surface area is 92.9 Å². The van der Waals surface area contributed by atoms with E-state index in [-0.39, 0.29) is 0 Å². The average molecular weight is 238 g/mol. The molecule has 0 aliphatic heterocycles. The Kier molecular flexibility index (Phi) is 2.36. The van der Waals surface area contributed by atoms with Gasteiger partial charge in [-0.3, -0.25) is 4.55 Å². The SMILES string of the molecule is Cc1cc2ccccc2c(O)c1S(=O)(=O)O. The molecule has 2 aromatic carbocycles. The van der Waals surface area contributed by atoms with Gasteiger partial charge in [-0.15, -0.1) is 0 Å². The van der Waals surface area contributed by atoms with Crippen molar-refractivity contribution in [2.45, 2.75) is 11.8 Å². The van der Waals surface area contributed by atoms with Crippen molar-refractivity contribution in [1.29, 1.82) is 0 Å². The molecular formula is C11H10O4S. The molecule has 5 heteroatoms. The van der Waals surface area contributed by atoms with Crippen molar-refractivity contribution in [3.63, 3.8) is 0 Å². The van der Waals surface area contributed by atoms with Crippen LogP contribution in [-0.2, 0) is 10.1 Å². The molecule has 2 N–H and O–H groups in total. The van der Waals surface area contributed by atoms with Gasteiger partial charge < -0.3 is 5.11 Å². The maximum Gasteiger partial charge on any atom is 0.298 e. The molecule has 0 heterocycles. The van der Waals surface area contributed by atoms with Crippen LogP contribution < -0.4 is 0 Å². The number of phenols is 1. The summed E-state index contributed by atoms with van der Waals surface area (Å²) in [6, 6.07) is 8.44. The highest BCUT2D eigenvalue weighted by Crippen LogP contribution is 2.34. The Hall–Kier alpha value is -1.59. The van der Waals surface area contributed by atoms with Gasteiger partial charge in [-0.05, 0) is 23.9 Å². The van der Waals surface area contributed by atoms with Crippen LogP contribution in [0.2, 0.25) is 0 Å². The molecule has 0 radical (unpaired) electrons. The number of rotatable bonds is 1. The number of hydrogen-bond donors (Lipinski definition) is 2. The first-order chi connectivity index (χ1) is 7.41. The Bertz CT molecular complexity index is 659. The zero-order valence-electron chi connectivity index (χ0n) is 8.51. The number of aryl methyl sites for hydroxylation is 1. The molecule has 0 saturated carbocycles. The molecule has 84 valence electrons. The third-order valence-electron chi connectivity index (χ3n) is 2.42. The predicted molar refractivity (Wildman–Crippen MR) is 60.2 cm³/mol. The highest BCUT2D eigenvalue weighted by atomic mass is 32.2. The molecule has 0 aromatic heterocycles. The van der Waals surface area contributed by atoms with Gasteiger partial charge >= 0.3 is 0 Å². The summed E-state index contributed by atoms with van der Waals surface area (Å²) in [4.78, 5) is -0.425. The van der Waals surface area contributed by atoms with Gasteiger partial charge in [-0.2, -0.15) is 8.42 Å². The fraction of sp³-hybridized carbons (Fsp3) is 0.0909. The topological polar surface area (TPSA) is 74.6 Å². The van der Waals surface area contributed by atoms with Gasteiger partial charge in [0.2, 0.25) is 0 Å². The molecule has 2 rings (SSSR count).